The van der Waals surface area contributed by atoms with E-state index in [1.807, 2.05) is 0 Å². The van der Waals surface area contributed by atoms with Crippen molar-refractivity contribution in [2.24, 2.45) is 0 Å². The van der Waals surface area contributed by atoms with Gasteiger partial charge >= 0.3 is 5.97 Å². The van der Waals surface area contributed by atoms with Gasteiger partial charge < -0.3 is 13.9 Å². The minimum absolute atomic E-state index is 0.0446. The molecule has 114 valence electrons. The largest absolute Gasteiger partial charge is 0.475 e. The molecule has 0 spiro atoms. The summed E-state index contributed by atoms with van der Waals surface area (Å²) in [6.45, 7) is 3.27. The van der Waals surface area contributed by atoms with E-state index in [1.54, 1.807) is 13.0 Å². The molecule has 0 saturated heterocycles. The average molecular weight is 313 g/mol. The number of furan rings is 2. The van der Waals surface area contributed by atoms with Crippen LogP contribution in [0.15, 0.2) is 32.1 Å². The van der Waals surface area contributed by atoms with Crippen LogP contribution in [-0.2, 0) is 16.6 Å². The topological polar surface area (TPSA) is 101 Å². The summed E-state index contributed by atoms with van der Waals surface area (Å²) in [4.78, 5) is 10.7. The Kier molecular flexibility index (Phi) is 3.93. The van der Waals surface area contributed by atoms with Crippen molar-refractivity contribution >= 4 is 16.0 Å². The molecule has 7 nitrogen and oxygen atoms in total. The van der Waals surface area contributed by atoms with Gasteiger partial charge in [0.05, 0.1) is 6.26 Å². The van der Waals surface area contributed by atoms with Crippen LogP contribution in [0.25, 0.3) is 0 Å². The zero-order chi connectivity index (χ0) is 15.8. The third-order valence-corrected chi connectivity index (χ3v) is 5.04. The van der Waals surface area contributed by atoms with Crippen LogP contribution in [0.5, 0.6) is 0 Å². The van der Waals surface area contributed by atoms with Gasteiger partial charge in [0.25, 0.3) is 0 Å². The highest BCUT2D eigenvalue weighted by atomic mass is 32.2. The maximum absolute atomic E-state index is 12.5. The predicted octanol–water partition coefficient (Wildman–Crippen LogP) is 2.01. The number of aromatic carboxylic acids is 1. The number of hydrogen-bond donors (Lipinski definition) is 1. The number of rotatable bonds is 5. The van der Waals surface area contributed by atoms with Crippen LogP contribution in [0.2, 0.25) is 0 Å². The molecule has 21 heavy (non-hydrogen) atoms. The molecule has 0 aliphatic carbocycles. The molecule has 1 N–H and O–H groups in total. The Labute approximate surface area is 121 Å². The monoisotopic (exact) mass is 313 g/mol. The van der Waals surface area contributed by atoms with Gasteiger partial charge in [0.1, 0.15) is 16.4 Å². The van der Waals surface area contributed by atoms with Gasteiger partial charge in [-0.3, -0.25) is 0 Å². The number of carboxylic acids is 1. The van der Waals surface area contributed by atoms with Crippen LogP contribution in [0, 0.1) is 13.8 Å². The summed E-state index contributed by atoms with van der Waals surface area (Å²) in [6, 6.07) is 2.71. The van der Waals surface area contributed by atoms with Gasteiger partial charge in [0.15, 0.2) is 0 Å². The van der Waals surface area contributed by atoms with E-state index >= 15 is 0 Å². The third kappa shape index (κ3) is 2.86. The molecule has 0 amide bonds. The summed E-state index contributed by atoms with van der Waals surface area (Å²) in [6.07, 6.45) is 1.48. The lowest BCUT2D eigenvalue weighted by Gasteiger charge is -2.16. The molecular formula is C13H15NO6S. The Morgan fingerprint density at radius 1 is 1.33 bits per heavy atom. The van der Waals surface area contributed by atoms with E-state index in [2.05, 4.69) is 0 Å². The number of nitrogens with zero attached hydrogens (tertiary/aromatic N) is 1. The molecule has 0 aromatic carbocycles. The van der Waals surface area contributed by atoms with Gasteiger partial charge in [0, 0.05) is 25.2 Å². The minimum Gasteiger partial charge on any atom is -0.475 e. The lowest BCUT2D eigenvalue weighted by Crippen LogP contribution is -2.26. The molecule has 0 atom stereocenters. The van der Waals surface area contributed by atoms with Gasteiger partial charge in [-0.1, -0.05) is 0 Å². The number of carboxylic acid groups (broad SMARTS) is 1. The number of carbonyl (C=O) groups is 1. The Morgan fingerprint density at radius 2 is 2.00 bits per heavy atom. The summed E-state index contributed by atoms with van der Waals surface area (Å²) in [5.74, 6) is -1.04. The summed E-state index contributed by atoms with van der Waals surface area (Å²) in [5, 5.41) is 8.86. The van der Waals surface area contributed by atoms with E-state index in [9.17, 15) is 13.2 Å². The van der Waals surface area contributed by atoms with E-state index in [-0.39, 0.29) is 17.2 Å². The molecule has 2 aromatic rings. The fraction of sp³-hybridized carbons (Fsp3) is 0.308. The predicted molar refractivity (Wildman–Crippen MR) is 72.5 cm³/mol. The Bertz CT molecular complexity index is 770. The van der Waals surface area contributed by atoms with Gasteiger partial charge in [-0.05, 0) is 19.9 Å². The second kappa shape index (κ2) is 5.38. The standard InChI is InChI=1S/C13H15NO6S/c1-8-10(4-5-19-8)7-14(3)21(17,18)12-6-11(13(15)16)20-9(12)2/h4-6H,7H2,1-3H3,(H,15,16). The SMILES string of the molecule is Cc1occc1CN(C)S(=O)(=O)c1cc(C(=O)O)oc1C. The average Bonchev–Trinajstić information content (AvgIpc) is 2.96. The lowest BCUT2D eigenvalue weighted by molar-refractivity contribution is 0.0661. The Balaban J connectivity index is 2.33. The first kappa shape index (κ1) is 15.3. The third-order valence-electron chi connectivity index (χ3n) is 3.13. The van der Waals surface area contributed by atoms with Crippen LogP contribution < -0.4 is 0 Å². The molecule has 0 radical (unpaired) electrons. The maximum Gasteiger partial charge on any atom is 0.371 e. The molecule has 0 fully saturated rings. The smallest absolute Gasteiger partial charge is 0.371 e. The molecule has 0 aliphatic rings. The van der Waals surface area contributed by atoms with Crippen molar-refractivity contribution in [1.82, 2.24) is 4.31 Å². The summed E-state index contributed by atoms with van der Waals surface area (Å²) in [7, 11) is -2.43. The molecule has 0 aliphatic heterocycles. The van der Waals surface area contributed by atoms with E-state index in [0.29, 0.717) is 5.76 Å². The van der Waals surface area contributed by atoms with Crippen molar-refractivity contribution < 1.29 is 27.2 Å². The molecule has 8 heteroatoms. The molecule has 0 bridgehead atoms. The highest BCUT2D eigenvalue weighted by Crippen LogP contribution is 2.24. The first-order valence-electron chi connectivity index (χ1n) is 6.06. The Hall–Kier alpha value is -2.06. The number of aryl methyl sites for hydroxylation is 2. The lowest BCUT2D eigenvalue weighted by atomic mass is 10.3. The fourth-order valence-corrected chi connectivity index (χ4v) is 3.20. The molecule has 2 rings (SSSR count). The zero-order valence-corrected chi connectivity index (χ0v) is 12.6. The first-order chi connectivity index (χ1) is 9.73. The van der Waals surface area contributed by atoms with Crippen LogP contribution >= 0.6 is 0 Å². The number of hydrogen-bond acceptors (Lipinski definition) is 5. The van der Waals surface area contributed by atoms with Crippen molar-refractivity contribution in [3.05, 3.63) is 41.2 Å². The normalized spacial score (nSPS) is 12.0. The highest BCUT2D eigenvalue weighted by molar-refractivity contribution is 7.89. The summed E-state index contributed by atoms with van der Waals surface area (Å²) in [5.41, 5.74) is 0.737. The molecule has 2 aromatic heterocycles. The maximum atomic E-state index is 12.5. The van der Waals surface area contributed by atoms with Gasteiger partial charge in [0.2, 0.25) is 15.8 Å². The molecule has 0 saturated carbocycles. The van der Waals surface area contributed by atoms with E-state index in [0.717, 1.165) is 15.9 Å². The highest BCUT2D eigenvalue weighted by Gasteiger charge is 2.28. The summed E-state index contributed by atoms with van der Waals surface area (Å²) >= 11 is 0. The second-order valence-electron chi connectivity index (χ2n) is 4.60. The van der Waals surface area contributed by atoms with Crippen LogP contribution in [-0.4, -0.2) is 30.8 Å². The van der Waals surface area contributed by atoms with Gasteiger partial charge in [-0.2, -0.15) is 4.31 Å². The minimum atomic E-state index is -3.84. The first-order valence-corrected chi connectivity index (χ1v) is 7.50. The zero-order valence-electron chi connectivity index (χ0n) is 11.8. The van der Waals surface area contributed by atoms with E-state index in [1.165, 1.54) is 20.2 Å². The van der Waals surface area contributed by atoms with E-state index < -0.39 is 21.8 Å². The quantitative estimate of drug-likeness (QED) is 0.906. The van der Waals surface area contributed by atoms with Crippen LogP contribution in [0.3, 0.4) is 0 Å². The Morgan fingerprint density at radius 3 is 2.48 bits per heavy atom. The fourth-order valence-electron chi connectivity index (χ4n) is 1.89. The van der Waals surface area contributed by atoms with Crippen molar-refractivity contribution in [2.75, 3.05) is 7.05 Å². The van der Waals surface area contributed by atoms with Crippen molar-refractivity contribution in [1.29, 1.82) is 0 Å². The van der Waals surface area contributed by atoms with Crippen molar-refractivity contribution in [2.45, 2.75) is 25.3 Å². The van der Waals surface area contributed by atoms with Crippen molar-refractivity contribution in [3.8, 4) is 0 Å². The molecular weight excluding hydrogens is 298 g/mol. The molecule has 0 unspecified atom stereocenters. The summed E-state index contributed by atoms with van der Waals surface area (Å²) < 4.78 is 36.1. The number of sulfonamides is 1. The van der Waals surface area contributed by atoms with Crippen molar-refractivity contribution in [3.63, 3.8) is 0 Å². The van der Waals surface area contributed by atoms with Crippen LogP contribution in [0.4, 0.5) is 0 Å². The van der Waals surface area contributed by atoms with E-state index in [4.69, 9.17) is 13.9 Å². The van der Waals surface area contributed by atoms with Gasteiger partial charge in [-0.15, -0.1) is 0 Å². The van der Waals surface area contributed by atoms with Gasteiger partial charge in [-0.25, -0.2) is 13.2 Å². The van der Waals surface area contributed by atoms with Crippen LogP contribution in [0.1, 0.15) is 27.6 Å². The second-order valence-corrected chi connectivity index (χ2v) is 6.61. The molecule has 2 heterocycles.